The van der Waals surface area contributed by atoms with E-state index in [-0.39, 0.29) is 0 Å². The average molecular weight is 518 g/mol. The molecule has 4 nitrogen and oxygen atoms in total. The zero-order chi connectivity index (χ0) is 27.1. The van der Waals surface area contributed by atoms with Crippen molar-refractivity contribution in [2.75, 3.05) is 40.9 Å². The van der Waals surface area contributed by atoms with Crippen molar-refractivity contribution in [3.05, 3.63) is 113 Å². The largest absolute Gasteiger partial charge is 0.456 e. The number of anilines is 3. The lowest BCUT2D eigenvalue weighted by Crippen LogP contribution is -2.45. The third-order valence-electron chi connectivity index (χ3n) is 8.64. The van der Waals surface area contributed by atoms with Gasteiger partial charge in [-0.1, -0.05) is 48.5 Å². The smallest absolute Gasteiger partial charge is 0.135 e. The minimum absolute atomic E-state index is 0.489. The molecule has 0 unspecified atom stereocenters. The van der Waals surface area contributed by atoms with E-state index in [1.54, 1.807) is 0 Å². The molecule has 4 aromatic carbocycles. The van der Waals surface area contributed by atoms with Crippen LogP contribution >= 0.6 is 0 Å². The number of nitrogens with zero attached hydrogens (tertiary/aromatic N) is 3. The van der Waals surface area contributed by atoms with Crippen molar-refractivity contribution >= 4 is 17.1 Å². The first-order valence-electron chi connectivity index (χ1n) is 14.4. The van der Waals surface area contributed by atoms with Crippen molar-refractivity contribution in [1.29, 1.82) is 0 Å². The predicted molar refractivity (Wildman–Crippen MR) is 164 cm³/mol. The normalized spacial score (nSPS) is 14.4. The summed E-state index contributed by atoms with van der Waals surface area (Å²) in [6.07, 6.45) is 0. The molecule has 4 aromatic rings. The van der Waals surface area contributed by atoms with E-state index in [9.17, 15) is 0 Å². The maximum atomic E-state index is 6.87. The average Bonchev–Trinajstić information content (AvgIpc) is 3.30. The highest BCUT2D eigenvalue weighted by atomic mass is 16.5. The fourth-order valence-corrected chi connectivity index (χ4v) is 6.73. The van der Waals surface area contributed by atoms with Crippen LogP contribution in [0.15, 0.2) is 84.9 Å². The van der Waals surface area contributed by atoms with E-state index in [4.69, 9.17) is 4.74 Å². The summed E-state index contributed by atoms with van der Waals surface area (Å²) in [5.41, 5.74) is 9.50. The first kappa shape index (κ1) is 25.4. The lowest BCUT2D eigenvalue weighted by molar-refractivity contribution is 0.416. The molecule has 0 radical (unpaired) electrons. The van der Waals surface area contributed by atoms with Gasteiger partial charge in [0.05, 0.1) is 0 Å². The molecule has 200 valence electrons. The van der Waals surface area contributed by atoms with Crippen LogP contribution in [-0.4, -0.2) is 26.2 Å². The summed E-state index contributed by atoms with van der Waals surface area (Å²) in [4.78, 5) is 7.37. The molecule has 2 aliphatic rings. The van der Waals surface area contributed by atoms with Crippen LogP contribution in [0.3, 0.4) is 0 Å². The van der Waals surface area contributed by atoms with Gasteiger partial charge in [0.15, 0.2) is 0 Å². The van der Waals surface area contributed by atoms with E-state index in [1.807, 2.05) is 0 Å². The summed E-state index contributed by atoms with van der Waals surface area (Å²) in [6, 6.07) is 31.6. The Hall–Kier alpha value is -3.92. The van der Waals surface area contributed by atoms with E-state index < -0.39 is 5.54 Å². The molecule has 39 heavy (non-hydrogen) atoms. The van der Waals surface area contributed by atoms with Crippen molar-refractivity contribution in [3.8, 4) is 11.5 Å². The van der Waals surface area contributed by atoms with E-state index in [0.717, 1.165) is 44.2 Å². The van der Waals surface area contributed by atoms with Crippen LogP contribution in [0.4, 0.5) is 17.1 Å². The Labute approximate surface area is 233 Å². The lowest BCUT2D eigenvalue weighted by Gasteiger charge is -2.46. The Morgan fingerprint density at radius 1 is 0.667 bits per heavy atom. The fourth-order valence-electron chi connectivity index (χ4n) is 6.73. The molecule has 2 heterocycles. The van der Waals surface area contributed by atoms with E-state index in [2.05, 4.69) is 134 Å². The maximum absolute atomic E-state index is 6.87. The van der Waals surface area contributed by atoms with Crippen molar-refractivity contribution in [2.45, 2.75) is 46.7 Å². The van der Waals surface area contributed by atoms with Gasteiger partial charge in [0, 0.05) is 73.0 Å². The summed E-state index contributed by atoms with van der Waals surface area (Å²) in [5.74, 6) is 1.89. The summed E-state index contributed by atoms with van der Waals surface area (Å²) < 4.78 is 6.87. The van der Waals surface area contributed by atoms with Crippen LogP contribution in [0, 0.1) is 6.92 Å². The molecule has 0 N–H and O–H groups in total. The van der Waals surface area contributed by atoms with Gasteiger partial charge in [-0.25, -0.2) is 0 Å². The number of hydrogen-bond acceptors (Lipinski definition) is 4. The topological polar surface area (TPSA) is 19.0 Å². The molecule has 6 rings (SSSR count). The van der Waals surface area contributed by atoms with Crippen molar-refractivity contribution in [2.24, 2.45) is 0 Å². The summed E-state index contributed by atoms with van der Waals surface area (Å²) in [6.45, 7) is 15.7. The van der Waals surface area contributed by atoms with Crippen LogP contribution in [0.5, 0.6) is 11.5 Å². The quantitative estimate of drug-likeness (QED) is 0.246. The van der Waals surface area contributed by atoms with Crippen LogP contribution in [0.2, 0.25) is 0 Å². The summed E-state index contributed by atoms with van der Waals surface area (Å²) in [7, 11) is 0. The van der Waals surface area contributed by atoms with Gasteiger partial charge >= 0.3 is 0 Å². The first-order valence-corrected chi connectivity index (χ1v) is 14.4. The summed E-state index contributed by atoms with van der Waals surface area (Å²) in [5, 5.41) is 0. The van der Waals surface area contributed by atoms with Crippen molar-refractivity contribution in [1.82, 2.24) is 0 Å². The minimum atomic E-state index is -0.489. The van der Waals surface area contributed by atoms with Gasteiger partial charge in [-0.15, -0.1) is 0 Å². The highest BCUT2D eigenvalue weighted by molar-refractivity contribution is 5.76. The Bertz CT molecular complexity index is 1440. The third-order valence-corrected chi connectivity index (χ3v) is 8.64. The second-order valence-electron chi connectivity index (χ2n) is 10.6. The predicted octanol–water partition coefficient (Wildman–Crippen LogP) is 8.11. The second kappa shape index (κ2) is 10.00. The number of rotatable bonds is 7. The fraction of sp³-hybridized carbons (Fsp3) is 0.314. The number of fused-ring (bicyclic) bond motifs is 6. The van der Waals surface area contributed by atoms with E-state index in [0.29, 0.717) is 0 Å². The Morgan fingerprint density at radius 2 is 1.26 bits per heavy atom. The van der Waals surface area contributed by atoms with Gasteiger partial charge in [-0.2, -0.15) is 0 Å². The zero-order valence-corrected chi connectivity index (χ0v) is 23.9. The second-order valence-corrected chi connectivity index (χ2v) is 10.6. The van der Waals surface area contributed by atoms with Crippen LogP contribution < -0.4 is 19.4 Å². The van der Waals surface area contributed by atoms with Gasteiger partial charge in [-0.3, -0.25) is 0 Å². The number of aryl methyl sites for hydroxylation is 1. The molecule has 2 aliphatic heterocycles. The van der Waals surface area contributed by atoms with Gasteiger partial charge in [0.2, 0.25) is 0 Å². The molecule has 0 saturated carbocycles. The van der Waals surface area contributed by atoms with Crippen LogP contribution in [-0.2, 0) is 12.1 Å². The van der Waals surface area contributed by atoms with Gasteiger partial charge in [0.1, 0.15) is 17.0 Å². The maximum Gasteiger partial charge on any atom is 0.135 e. The molecule has 0 saturated heterocycles. The standard InChI is InChI=1S/C35H39N3O/c1-6-36(7-2)27-17-19-31-33(22-27)39-34-23-28(37(8-3)9-4)18-20-32(34)35(31)30-16-11-10-14-26(30)24-38(35)29-15-12-13-25(5)21-29/h10-23H,6-9,24H2,1-5H3. The van der Waals surface area contributed by atoms with E-state index in [1.165, 1.54) is 44.9 Å². The molecule has 0 aromatic heterocycles. The highest BCUT2D eigenvalue weighted by Gasteiger charge is 2.53. The highest BCUT2D eigenvalue weighted by Crippen LogP contribution is 2.59. The third kappa shape index (κ3) is 3.88. The Kier molecular flexibility index (Phi) is 6.50. The molecule has 4 heteroatoms. The lowest BCUT2D eigenvalue weighted by atomic mass is 9.74. The molecule has 0 aliphatic carbocycles. The van der Waals surface area contributed by atoms with E-state index >= 15 is 0 Å². The zero-order valence-electron chi connectivity index (χ0n) is 23.9. The molecule has 1 spiro atoms. The van der Waals surface area contributed by atoms with Gasteiger partial charge in [-0.05, 0) is 75.6 Å². The monoisotopic (exact) mass is 517 g/mol. The number of ether oxygens (including phenoxy) is 1. The van der Waals surface area contributed by atoms with Crippen LogP contribution in [0.1, 0.15) is 55.5 Å². The number of benzene rings is 4. The van der Waals surface area contributed by atoms with Gasteiger partial charge < -0.3 is 19.4 Å². The molecule has 0 fully saturated rings. The minimum Gasteiger partial charge on any atom is -0.456 e. The first-order chi connectivity index (χ1) is 19.0. The molecular formula is C35H39N3O. The molecule has 0 amide bonds. The Morgan fingerprint density at radius 3 is 1.82 bits per heavy atom. The summed E-state index contributed by atoms with van der Waals surface area (Å²) >= 11 is 0. The molecule has 0 atom stereocenters. The SMILES string of the molecule is CCN(CC)c1ccc2c(c1)Oc1cc(N(CC)CC)ccc1C21c2ccccc2CN1c1cccc(C)c1. The Balaban J connectivity index is 1.67. The van der Waals surface area contributed by atoms with Gasteiger partial charge in [0.25, 0.3) is 0 Å². The number of hydrogen-bond donors (Lipinski definition) is 0. The molecular weight excluding hydrogens is 478 g/mol. The van der Waals surface area contributed by atoms with Crippen LogP contribution in [0.25, 0.3) is 0 Å². The molecule has 0 bridgehead atoms. The van der Waals surface area contributed by atoms with Crippen molar-refractivity contribution < 1.29 is 4.74 Å². The van der Waals surface area contributed by atoms with Crippen molar-refractivity contribution in [3.63, 3.8) is 0 Å².